The Morgan fingerprint density at radius 2 is 1.62 bits per heavy atom. The summed E-state index contributed by atoms with van der Waals surface area (Å²) in [6.45, 7) is 1.50. The molecular weight excluding hydrogens is 331 g/mol. The van der Waals surface area contributed by atoms with E-state index in [0.29, 0.717) is 11.3 Å². The molecule has 26 heavy (non-hydrogen) atoms. The van der Waals surface area contributed by atoms with Gasteiger partial charge in [0, 0.05) is 23.6 Å². The van der Waals surface area contributed by atoms with Gasteiger partial charge in [0.25, 0.3) is 0 Å². The van der Waals surface area contributed by atoms with Gasteiger partial charge in [-0.2, -0.15) is 0 Å². The number of amides is 1. The van der Waals surface area contributed by atoms with Gasteiger partial charge in [0.1, 0.15) is 5.82 Å². The molecule has 132 valence electrons. The molecule has 1 atom stereocenters. The van der Waals surface area contributed by atoms with Crippen molar-refractivity contribution >= 4 is 17.4 Å². The van der Waals surface area contributed by atoms with Gasteiger partial charge < -0.3 is 9.88 Å². The highest BCUT2D eigenvalue weighted by molar-refractivity contribution is 5.95. The summed E-state index contributed by atoms with van der Waals surface area (Å²) in [6, 6.07) is 16.5. The molecule has 0 aliphatic rings. The highest BCUT2D eigenvalue weighted by Crippen LogP contribution is 2.23. The fourth-order valence-electron chi connectivity index (χ4n) is 2.81. The van der Waals surface area contributed by atoms with E-state index in [4.69, 9.17) is 0 Å². The Hall–Kier alpha value is -3.21. The second-order valence-electron chi connectivity index (χ2n) is 6.08. The zero-order valence-electron chi connectivity index (χ0n) is 14.4. The quantitative estimate of drug-likeness (QED) is 0.668. The van der Waals surface area contributed by atoms with Gasteiger partial charge in [-0.3, -0.25) is 9.59 Å². The number of rotatable bonds is 6. The molecule has 1 N–H and O–H groups in total. The van der Waals surface area contributed by atoms with Crippen molar-refractivity contribution < 1.29 is 14.0 Å². The minimum absolute atomic E-state index is 0.0214. The van der Waals surface area contributed by atoms with Crippen LogP contribution in [-0.4, -0.2) is 16.3 Å². The molecule has 3 aromatic rings. The lowest BCUT2D eigenvalue weighted by molar-refractivity contribution is -0.116. The molecule has 0 aliphatic carbocycles. The standard InChI is InChI=1S/C21H19FN2O2/c1-15(25)16-6-10-19(11-7-16)23-21(26)14-20(24-12-2-3-13-24)17-4-8-18(22)9-5-17/h2-13,20H,14H2,1H3,(H,23,26). The van der Waals surface area contributed by atoms with Crippen LogP contribution >= 0.6 is 0 Å². The van der Waals surface area contributed by atoms with E-state index in [2.05, 4.69) is 5.32 Å². The van der Waals surface area contributed by atoms with E-state index >= 15 is 0 Å². The van der Waals surface area contributed by atoms with Crippen LogP contribution < -0.4 is 5.32 Å². The molecule has 4 nitrogen and oxygen atoms in total. The number of anilines is 1. The van der Waals surface area contributed by atoms with Crippen molar-refractivity contribution in [3.63, 3.8) is 0 Å². The third kappa shape index (κ3) is 4.25. The average molecular weight is 350 g/mol. The first-order valence-electron chi connectivity index (χ1n) is 8.32. The number of benzene rings is 2. The number of halogens is 1. The molecule has 0 fully saturated rings. The van der Waals surface area contributed by atoms with Crippen LogP contribution in [0.2, 0.25) is 0 Å². The minimum Gasteiger partial charge on any atom is -0.346 e. The van der Waals surface area contributed by atoms with Crippen LogP contribution in [-0.2, 0) is 4.79 Å². The molecular formula is C21H19FN2O2. The van der Waals surface area contributed by atoms with Gasteiger partial charge >= 0.3 is 0 Å². The highest BCUT2D eigenvalue weighted by Gasteiger charge is 2.17. The fourth-order valence-corrected chi connectivity index (χ4v) is 2.81. The summed E-state index contributed by atoms with van der Waals surface area (Å²) in [5.74, 6) is -0.495. The highest BCUT2D eigenvalue weighted by atomic mass is 19.1. The molecule has 0 radical (unpaired) electrons. The largest absolute Gasteiger partial charge is 0.346 e. The van der Waals surface area contributed by atoms with Gasteiger partial charge in [-0.25, -0.2) is 4.39 Å². The number of aromatic nitrogens is 1. The second-order valence-corrected chi connectivity index (χ2v) is 6.08. The predicted octanol–water partition coefficient (Wildman–Crippen LogP) is 4.45. The maximum atomic E-state index is 13.2. The SMILES string of the molecule is CC(=O)c1ccc(NC(=O)CC(c2ccc(F)cc2)n2cccc2)cc1. The van der Waals surface area contributed by atoms with Gasteiger partial charge in [-0.05, 0) is 61.0 Å². The normalized spacial score (nSPS) is 11.8. The van der Waals surface area contributed by atoms with Crippen molar-refractivity contribution in [2.45, 2.75) is 19.4 Å². The van der Waals surface area contributed by atoms with Gasteiger partial charge in [0.05, 0.1) is 12.5 Å². The van der Waals surface area contributed by atoms with Crippen LogP contribution in [0.25, 0.3) is 0 Å². The van der Waals surface area contributed by atoms with Crippen molar-refractivity contribution in [2.24, 2.45) is 0 Å². The zero-order chi connectivity index (χ0) is 18.5. The summed E-state index contributed by atoms with van der Waals surface area (Å²) in [5, 5.41) is 2.84. The molecule has 0 saturated carbocycles. The molecule has 3 rings (SSSR count). The van der Waals surface area contributed by atoms with E-state index in [1.807, 2.05) is 29.1 Å². The Morgan fingerprint density at radius 1 is 1.00 bits per heavy atom. The average Bonchev–Trinajstić information content (AvgIpc) is 3.15. The molecule has 0 bridgehead atoms. The molecule has 1 aromatic heterocycles. The number of carbonyl (C=O) groups excluding carboxylic acids is 2. The summed E-state index contributed by atoms with van der Waals surface area (Å²) in [6.07, 6.45) is 3.96. The van der Waals surface area contributed by atoms with Gasteiger partial charge in [0.2, 0.25) is 5.91 Å². The molecule has 1 amide bonds. The predicted molar refractivity (Wildman–Crippen MR) is 98.7 cm³/mol. The Kier molecular flexibility index (Phi) is 5.27. The molecule has 1 heterocycles. The summed E-state index contributed by atoms with van der Waals surface area (Å²) >= 11 is 0. The van der Waals surface area contributed by atoms with Crippen molar-refractivity contribution in [1.82, 2.24) is 4.57 Å². The van der Waals surface area contributed by atoms with E-state index in [1.165, 1.54) is 19.1 Å². The van der Waals surface area contributed by atoms with E-state index in [9.17, 15) is 14.0 Å². The number of carbonyl (C=O) groups is 2. The van der Waals surface area contributed by atoms with Crippen LogP contribution in [0, 0.1) is 5.82 Å². The zero-order valence-corrected chi connectivity index (χ0v) is 14.4. The molecule has 1 unspecified atom stereocenters. The molecule has 0 aliphatic heterocycles. The van der Waals surface area contributed by atoms with Crippen LogP contribution in [0.3, 0.4) is 0 Å². The number of hydrogen-bond acceptors (Lipinski definition) is 2. The lowest BCUT2D eigenvalue weighted by atomic mass is 10.0. The van der Waals surface area contributed by atoms with Crippen molar-refractivity contribution in [3.05, 3.63) is 90.0 Å². The van der Waals surface area contributed by atoms with Gasteiger partial charge in [-0.15, -0.1) is 0 Å². The number of nitrogens with zero attached hydrogens (tertiary/aromatic N) is 1. The summed E-state index contributed by atoms with van der Waals surface area (Å²) in [5.41, 5.74) is 2.08. The fraction of sp³-hybridized carbons (Fsp3) is 0.143. The van der Waals surface area contributed by atoms with E-state index in [1.54, 1.807) is 36.4 Å². The van der Waals surface area contributed by atoms with E-state index < -0.39 is 0 Å². The smallest absolute Gasteiger partial charge is 0.226 e. The van der Waals surface area contributed by atoms with Crippen molar-refractivity contribution in [3.8, 4) is 0 Å². The van der Waals surface area contributed by atoms with Crippen LogP contribution in [0.5, 0.6) is 0 Å². The Bertz CT molecular complexity index is 885. The minimum atomic E-state index is -0.310. The van der Waals surface area contributed by atoms with Crippen molar-refractivity contribution in [1.29, 1.82) is 0 Å². The number of Topliss-reactive ketones (excluding diaryl/α,β-unsaturated/α-hetero) is 1. The number of ketones is 1. The molecule has 2 aromatic carbocycles. The molecule has 0 spiro atoms. The summed E-state index contributed by atoms with van der Waals surface area (Å²) in [4.78, 5) is 23.8. The number of nitrogens with one attached hydrogen (secondary N) is 1. The first-order valence-corrected chi connectivity index (χ1v) is 8.32. The van der Waals surface area contributed by atoms with E-state index in [-0.39, 0.29) is 30.0 Å². The van der Waals surface area contributed by atoms with Crippen molar-refractivity contribution in [2.75, 3.05) is 5.32 Å². The Morgan fingerprint density at radius 3 is 2.19 bits per heavy atom. The monoisotopic (exact) mass is 350 g/mol. The van der Waals surface area contributed by atoms with Crippen LogP contribution in [0.1, 0.15) is 35.3 Å². The van der Waals surface area contributed by atoms with Crippen LogP contribution in [0.4, 0.5) is 10.1 Å². The molecule has 0 saturated heterocycles. The van der Waals surface area contributed by atoms with E-state index in [0.717, 1.165) is 5.56 Å². The first kappa shape index (κ1) is 17.6. The Balaban J connectivity index is 1.75. The van der Waals surface area contributed by atoms with Gasteiger partial charge in [-0.1, -0.05) is 12.1 Å². The molecule has 5 heteroatoms. The first-order chi connectivity index (χ1) is 12.5. The van der Waals surface area contributed by atoms with Crippen LogP contribution in [0.15, 0.2) is 73.1 Å². The summed E-state index contributed by atoms with van der Waals surface area (Å²) < 4.78 is 15.1. The maximum absolute atomic E-state index is 13.2. The topological polar surface area (TPSA) is 51.1 Å². The lowest BCUT2D eigenvalue weighted by Crippen LogP contribution is -2.19. The lowest BCUT2D eigenvalue weighted by Gasteiger charge is -2.19. The Labute approximate surface area is 151 Å². The number of hydrogen-bond donors (Lipinski definition) is 1. The third-order valence-electron chi connectivity index (χ3n) is 4.20. The van der Waals surface area contributed by atoms with Gasteiger partial charge in [0.15, 0.2) is 5.78 Å². The maximum Gasteiger partial charge on any atom is 0.226 e. The summed E-state index contributed by atoms with van der Waals surface area (Å²) in [7, 11) is 0. The second kappa shape index (κ2) is 7.78. The third-order valence-corrected chi connectivity index (χ3v) is 4.20.